The highest BCUT2D eigenvalue weighted by Crippen LogP contribution is 1.99. The number of cyclic esters (lactones) is 1. The van der Waals surface area contributed by atoms with Crippen molar-refractivity contribution in [3.63, 3.8) is 0 Å². The van der Waals surface area contributed by atoms with Crippen LogP contribution in [0.15, 0.2) is 12.2 Å². The average Bonchev–Trinajstić information content (AvgIpc) is 3.19. The standard InChI is InChI=1S/C4H7N.C3H5NO2.C3H7NS.C2H6/c1-2-4-5-3-1;5-3-4-1-2-6-3;1-2-5-3-4-1;1-2/h1-2,5H,3-4H2;1-2H2,(H,4,5);4H,1-3H2;1-2H3. The van der Waals surface area contributed by atoms with Crippen LogP contribution in [0.4, 0.5) is 4.79 Å². The van der Waals surface area contributed by atoms with E-state index in [1.54, 1.807) is 0 Å². The fraction of sp³-hybridized carbons (Fsp3) is 0.750. The summed E-state index contributed by atoms with van der Waals surface area (Å²) in [4.78, 5) is 9.91. The molecular weight excluding hydrogens is 250 g/mol. The topological polar surface area (TPSA) is 62.4 Å². The highest BCUT2D eigenvalue weighted by molar-refractivity contribution is 7.99. The smallest absolute Gasteiger partial charge is 0.407 e. The first kappa shape index (κ1) is 17.3. The number of hydrogen-bond donors (Lipinski definition) is 3. The molecule has 0 saturated carbocycles. The third kappa shape index (κ3) is 11.8. The molecule has 0 aromatic carbocycles. The molecule has 0 spiro atoms. The van der Waals surface area contributed by atoms with Crippen LogP contribution in [0.25, 0.3) is 0 Å². The van der Waals surface area contributed by atoms with Gasteiger partial charge in [-0.15, -0.1) is 11.8 Å². The first-order valence-electron chi connectivity index (χ1n) is 6.44. The molecule has 3 aliphatic rings. The summed E-state index contributed by atoms with van der Waals surface area (Å²) in [5.41, 5.74) is 0. The van der Waals surface area contributed by atoms with Crippen LogP contribution < -0.4 is 16.0 Å². The lowest BCUT2D eigenvalue weighted by atomic mass is 10.6. The highest BCUT2D eigenvalue weighted by Gasteiger charge is 2.06. The van der Waals surface area contributed by atoms with Crippen LogP contribution in [0.1, 0.15) is 13.8 Å². The molecule has 2 fully saturated rings. The number of rotatable bonds is 0. The Morgan fingerprint density at radius 2 is 1.89 bits per heavy atom. The third-order valence-corrected chi connectivity index (χ3v) is 2.82. The first-order chi connectivity index (χ1) is 8.89. The number of nitrogens with one attached hydrogen (secondary N) is 3. The molecule has 6 heteroatoms. The van der Waals surface area contributed by atoms with Gasteiger partial charge < -0.3 is 20.7 Å². The second-order valence-corrected chi connectivity index (χ2v) is 4.35. The van der Waals surface area contributed by atoms with Crippen molar-refractivity contribution >= 4 is 17.9 Å². The minimum absolute atomic E-state index is 0.296. The Morgan fingerprint density at radius 1 is 1.17 bits per heavy atom. The summed E-state index contributed by atoms with van der Waals surface area (Å²) in [5.74, 6) is 2.47. The fourth-order valence-electron chi connectivity index (χ4n) is 1.13. The van der Waals surface area contributed by atoms with E-state index in [1.807, 2.05) is 25.6 Å². The van der Waals surface area contributed by atoms with Crippen molar-refractivity contribution < 1.29 is 9.53 Å². The fourth-order valence-corrected chi connectivity index (χ4v) is 1.85. The Morgan fingerprint density at radius 3 is 2.06 bits per heavy atom. The van der Waals surface area contributed by atoms with E-state index < -0.39 is 0 Å². The Kier molecular flexibility index (Phi) is 13.8. The van der Waals surface area contributed by atoms with Gasteiger partial charge in [-0.05, 0) is 0 Å². The Bertz CT molecular complexity index is 200. The van der Waals surface area contributed by atoms with Gasteiger partial charge in [0.1, 0.15) is 6.61 Å². The SMILES string of the molecule is C1=CCNC1.C1CSCN1.CC.O=C1NCCO1. The van der Waals surface area contributed by atoms with E-state index in [0.29, 0.717) is 13.2 Å². The first-order valence-corrected chi connectivity index (χ1v) is 7.60. The summed E-state index contributed by atoms with van der Waals surface area (Å²) in [7, 11) is 0. The molecule has 18 heavy (non-hydrogen) atoms. The number of alkyl carbamates (subject to hydrolysis) is 1. The zero-order chi connectivity index (χ0) is 13.5. The summed E-state index contributed by atoms with van der Waals surface area (Å²) in [6.45, 7) is 8.54. The van der Waals surface area contributed by atoms with Gasteiger partial charge in [0.05, 0.1) is 6.54 Å². The Labute approximate surface area is 114 Å². The number of amides is 1. The van der Waals surface area contributed by atoms with Crippen LogP contribution in [0.5, 0.6) is 0 Å². The van der Waals surface area contributed by atoms with Gasteiger partial charge in [0, 0.05) is 31.3 Å². The van der Waals surface area contributed by atoms with Gasteiger partial charge in [-0.1, -0.05) is 26.0 Å². The summed E-state index contributed by atoms with van der Waals surface area (Å²) in [5, 5.41) is 8.75. The van der Waals surface area contributed by atoms with Crippen molar-refractivity contribution in [3.05, 3.63) is 12.2 Å². The van der Waals surface area contributed by atoms with Crippen molar-refractivity contribution in [2.24, 2.45) is 0 Å². The molecule has 3 N–H and O–H groups in total. The summed E-state index contributed by atoms with van der Waals surface area (Å²) < 4.78 is 4.40. The number of carbonyl (C=O) groups excluding carboxylic acids is 1. The molecule has 0 bridgehead atoms. The van der Waals surface area contributed by atoms with E-state index in [2.05, 4.69) is 32.8 Å². The van der Waals surface area contributed by atoms with Crippen LogP contribution in [-0.4, -0.2) is 50.5 Å². The number of ether oxygens (including phenoxy) is 1. The molecule has 0 atom stereocenters. The van der Waals surface area contributed by atoms with Crippen LogP contribution in [0, 0.1) is 0 Å². The van der Waals surface area contributed by atoms with Crippen molar-refractivity contribution in [1.29, 1.82) is 0 Å². The molecule has 5 nitrogen and oxygen atoms in total. The van der Waals surface area contributed by atoms with Crippen LogP contribution in [0.2, 0.25) is 0 Å². The van der Waals surface area contributed by atoms with Crippen LogP contribution in [0.3, 0.4) is 0 Å². The maximum absolute atomic E-state index is 9.91. The minimum atomic E-state index is -0.296. The lowest BCUT2D eigenvalue weighted by Gasteiger charge is -1.80. The van der Waals surface area contributed by atoms with Gasteiger partial charge >= 0.3 is 6.09 Å². The molecule has 106 valence electrons. The molecule has 1 amide bonds. The molecule has 0 aromatic heterocycles. The molecular formula is C12H25N3O2S. The maximum atomic E-state index is 9.91. The van der Waals surface area contributed by atoms with Gasteiger partial charge in [0.2, 0.25) is 0 Å². The second kappa shape index (κ2) is 14.3. The minimum Gasteiger partial charge on any atom is -0.448 e. The van der Waals surface area contributed by atoms with E-state index in [0.717, 1.165) is 13.1 Å². The molecule has 3 heterocycles. The van der Waals surface area contributed by atoms with Gasteiger partial charge in [0.15, 0.2) is 0 Å². The van der Waals surface area contributed by atoms with Gasteiger partial charge in [0.25, 0.3) is 0 Å². The molecule has 0 aromatic rings. The predicted octanol–water partition coefficient (Wildman–Crippen LogP) is 1.18. The molecule has 0 radical (unpaired) electrons. The largest absolute Gasteiger partial charge is 0.448 e. The molecule has 0 aliphatic carbocycles. The normalized spacial score (nSPS) is 19.3. The Hall–Kier alpha value is -0.720. The predicted molar refractivity (Wildman–Crippen MR) is 78.0 cm³/mol. The maximum Gasteiger partial charge on any atom is 0.407 e. The zero-order valence-electron chi connectivity index (χ0n) is 11.3. The summed E-state index contributed by atoms with van der Waals surface area (Å²) in [6.07, 6.45) is 3.95. The Balaban J connectivity index is 0.000000226. The number of thioether (sulfide) groups is 1. The van der Waals surface area contributed by atoms with Gasteiger partial charge in [-0.3, -0.25) is 0 Å². The van der Waals surface area contributed by atoms with E-state index in [9.17, 15) is 4.79 Å². The lowest BCUT2D eigenvalue weighted by molar-refractivity contribution is 0.178. The summed E-state index contributed by atoms with van der Waals surface area (Å²) >= 11 is 1.96. The second-order valence-electron chi connectivity index (χ2n) is 3.24. The van der Waals surface area contributed by atoms with Crippen molar-refractivity contribution in [2.45, 2.75) is 13.8 Å². The van der Waals surface area contributed by atoms with Crippen molar-refractivity contribution in [3.8, 4) is 0 Å². The van der Waals surface area contributed by atoms with Crippen LogP contribution >= 0.6 is 11.8 Å². The van der Waals surface area contributed by atoms with Crippen molar-refractivity contribution in [2.75, 3.05) is 44.4 Å². The third-order valence-electron chi connectivity index (χ3n) is 1.92. The average molecular weight is 275 g/mol. The monoisotopic (exact) mass is 275 g/mol. The lowest BCUT2D eigenvalue weighted by Crippen LogP contribution is -2.11. The van der Waals surface area contributed by atoms with Crippen molar-refractivity contribution in [1.82, 2.24) is 16.0 Å². The van der Waals surface area contributed by atoms with Crippen LogP contribution in [-0.2, 0) is 4.74 Å². The van der Waals surface area contributed by atoms with Gasteiger partial charge in [-0.25, -0.2) is 4.79 Å². The number of carbonyl (C=O) groups is 1. The van der Waals surface area contributed by atoms with E-state index in [-0.39, 0.29) is 6.09 Å². The molecule has 3 aliphatic heterocycles. The highest BCUT2D eigenvalue weighted by atomic mass is 32.2. The molecule has 2 saturated heterocycles. The quantitative estimate of drug-likeness (QED) is 0.580. The zero-order valence-corrected chi connectivity index (χ0v) is 12.1. The van der Waals surface area contributed by atoms with Gasteiger partial charge in [-0.2, -0.15) is 0 Å². The molecule has 0 unspecified atom stereocenters. The van der Waals surface area contributed by atoms with E-state index in [1.165, 1.54) is 18.2 Å². The summed E-state index contributed by atoms with van der Waals surface area (Å²) in [6, 6.07) is 0. The van der Waals surface area contributed by atoms with E-state index in [4.69, 9.17) is 0 Å². The molecule has 3 rings (SSSR count). The number of hydrogen-bond acceptors (Lipinski definition) is 5. The van der Waals surface area contributed by atoms with E-state index >= 15 is 0 Å².